The zero-order chi connectivity index (χ0) is 18.2. The fraction of sp³-hybridized carbons (Fsp3) is 0.350. The molecule has 2 aromatic rings. The average Bonchev–Trinajstić information content (AvgIpc) is 2.68. The van der Waals surface area contributed by atoms with Crippen molar-refractivity contribution in [2.75, 3.05) is 39.3 Å². The zero-order valence-corrected chi connectivity index (χ0v) is 14.7. The van der Waals surface area contributed by atoms with Gasteiger partial charge >= 0.3 is 0 Å². The first-order valence-corrected chi connectivity index (χ1v) is 8.90. The first kappa shape index (κ1) is 18.4. The predicted octanol–water partition coefficient (Wildman–Crippen LogP) is 2.04. The van der Waals surface area contributed by atoms with Gasteiger partial charge in [-0.05, 0) is 29.8 Å². The van der Waals surface area contributed by atoms with Gasteiger partial charge in [-0.3, -0.25) is 9.69 Å². The highest BCUT2D eigenvalue weighted by Crippen LogP contribution is 2.19. The number of halogens is 1. The van der Waals surface area contributed by atoms with Crippen LogP contribution in [0.4, 0.5) is 4.39 Å². The summed E-state index contributed by atoms with van der Waals surface area (Å²) in [5, 5.41) is 6.27. The molecule has 1 amide bonds. The third-order valence-electron chi connectivity index (χ3n) is 4.36. The molecule has 1 saturated heterocycles. The third-order valence-corrected chi connectivity index (χ3v) is 4.36. The summed E-state index contributed by atoms with van der Waals surface area (Å²) < 4.78 is 18.8. The van der Waals surface area contributed by atoms with Crippen molar-refractivity contribution in [1.82, 2.24) is 15.5 Å². The Balaban J connectivity index is 1.53. The van der Waals surface area contributed by atoms with Crippen LogP contribution < -0.4 is 15.4 Å². The molecule has 0 unspecified atom stereocenters. The lowest BCUT2D eigenvalue weighted by molar-refractivity contribution is 0.0942. The maximum absolute atomic E-state index is 13.0. The third kappa shape index (κ3) is 5.28. The molecule has 1 fully saturated rings. The van der Waals surface area contributed by atoms with E-state index in [-0.39, 0.29) is 18.3 Å². The van der Waals surface area contributed by atoms with Gasteiger partial charge in [0, 0.05) is 39.3 Å². The van der Waals surface area contributed by atoms with Crippen molar-refractivity contribution in [3.05, 3.63) is 65.5 Å². The summed E-state index contributed by atoms with van der Waals surface area (Å²) >= 11 is 0. The Kier molecular flexibility index (Phi) is 6.57. The van der Waals surface area contributed by atoms with Gasteiger partial charge in [0.2, 0.25) is 0 Å². The number of nitrogens with zero attached hydrogens (tertiary/aromatic N) is 1. The Labute approximate surface area is 153 Å². The topological polar surface area (TPSA) is 53.6 Å². The molecule has 0 aliphatic carbocycles. The second-order valence-corrected chi connectivity index (χ2v) is 6.26. The molecular formula is C20H24FN3O2. The van der Waals surface area contributed by atoms with Gasteiger partial charge < -0.3 is 15.4 Å². The van der Waals surface area contributed by atoms with Crippen molar-refractivity contribution in [1.29, 1.82) is 0 Å². The molecule has 1 aliphatic rings. The van der Waals surface area contributed by atoms with Crippen molar-refractivity contribution >= 4 is 5.91 Å². The molecule has 0 saturated carbocycles. The lowest BCUT2D eigenvalue weighted by atomic mass is 10.2. The minimum absolute atomic E-state index is 0.144. The summed E-state index contributed by atoms with van der Waals surface area (Å²) in [6, 6.07) is 13.3. The Morgan fingerprint density at radius 1 is 1.12 bits per heavy atom. The highest BCUT2D eigenvalue weighted by molar-refractivity contribution is 5.96. The lowest BCUT2D eigenvalue weighted by Gasteiger charge is -2.27. The molecule has 0 radical (unpaired) electrons. The van der Waals surface area contributed by atoms with Gasteiger partial charge in [-0.1, -0.05) is 24.3 Å². The van der Waals surface area contributed by atoms with Gasteiger partial charge in [-0.15, -0.1) is 0 Å². The Morgan fingerprint density at radius 3 is 2.62 bits per heavy atom. The molecule has 0 spiro atoms. The number of ether oxygens (including phenoxy) is 1. The molecule has 138 valence electrons. The summed E-state index contributed by atoms with van der Waals surface area (Å²) in [4.78, 5) is 14.8. The SMILES string of the molecule is O=C(NCCN1CCNCC1)c1ccccc1OCc1ccc(F)cc1. The molecule has 1 aliphatic heterocycles. The molecule has 26 heavy (non-hydrogen) atoms. The fourth-order valence-corrected chi connectivity index (χ4v) is 2.88. The summed E-state index contributed by atoms with van der Waals surface area (Å²) in [5.41, 5.74) is 1.36. The molecule has 6 heteroatoms. The van der Waals surface area contributed by atoms with Crippen LogP contribution in [0.5, 0.6) is 5.75 Å². The lowest BCUT2D eigenvalue weighted by Crippen LogP contribution is -2.46. The van der Waals surface area contributed by atoms with Gasteiger partial charge in [0.1, 0.15) is 18.2 Å². The number of carbonyl (C=O) groups excluding carboxylic acids is 1. The molecule has 0 atom stereocenters. The first-order chi connectivity index (χ1) is 12.7. The van der Waals surface area contributed by atoms with Crippen LogP contribution in [-0.4, -0.2) is 50.1 Å². The normalized spacial score (nSPS) is 14.8. The zero-order valence-electron chi connectivity index (χ0n) is 14.7. The Bertz CT molecular complexity index is 715. The van der Waals surface area contributed by atoms with E-state index >= 15 is 0 Å². The van der Waals surface area contributed by atoms with Crippen LogP contribution in [0.1, 0.15) is 15.9 Å². The monoisotopic (exact) mass is 357 g/mol. The van der Waals surface area contributed by atoms with Crippen molar-refractivity contribution < 1.29 is 13.9 Å². The number of rotatable bonds is 7. The molecule has 3 rings (SSSR count). The molecule has 0 aromatic heterocycles. The second kappa shape index (κ2) is 9.31. The number of hydrogen-bond acceptors (Lipinski definition) is 4. The van der Waals surface area contributed by atoms with E-state index in [1.165, 1.54) is 12.1 Å². The molecule has 2 aromatic carbocycles. The van der Waals surface area contributed by atoms with Crippen LogP contribution in [0.2, 0.25) is 0 Å². The Hall–Kier alpha value is -2.44. The number of para-hydroxylation sites is 1. The van der Waals surface area contributed by atoms with E-state index in [4.69, 9.17) is 4.74 Å². The van der Waals surface area contributed by atoms with E-state index < -0.39 is 0 Å². The maximum atomic E-state index is 13.0. The van der Waals surface area contributed by atoms with Gasteiger partial charge in [0.15, 0.2) is 0 Å². The standard InChI is InChI=1S/C20H24FN3O2/c21-17-7-5-16(6-8-17)15-26-19-4-2-1-3-18(19)20(25)23-11-14-24-12-9-22-10-13-24/h1-8,22H,9-15H2,(H,23,25). The van der Waals surface area contributed by atoms with Crippen molar-refractivity contribution in [2.24, 2.45) is 0 Å². The van der Waals surface area contributed by atoms with Crippen LogP contribution >= 0.6 is 0 Å². The Morgan fingerprint density at radius 2 is 1.85 bits per heavy atom. The van der Waals surface area contributed by atoms with E-state index in [0.717, 1.165) is 38.3 Å². The van der Waals surface area contributed by atoms with E-state index in [1.54, 1.807) is 24.3 Å². The number of piperazine rings is 1. The first-order valence-electron chi connectivity index (χ1n) is 8.90. The molecule has 0 bridgehead atoms. The number of nitrogens with one attached hydrogen (secondary N) is 2. The highest BCUT2D eigenvalue weighted by atomic mass is 19.1. The second-order valence-electron chi connectivity index (χ2n) is 6.26. The van der Waals surface area contributed by atoms with E-state index in [0.29, 0.717) is 17.9 Å². The van der Waals surface area contributed by atoms with Crippen LogP contribution in [-0.2, 0) is 6.61 Å². The van der Waals surface area contributed by atoms with E-state index in [2.05, 4.69) is 15.5 Å². The molecular weight excluding hydrogens is 333 g/mol. The van der Waals surface area contributed by atoms with Gasteiger partial charge in [-0.2, -0.15) is 0 Å². The number of carbonyl (C=O) groups is 1. The van der Waals surface area contributed by atoms with Crippen LogP contribution in [0.15, 0.2) is 48.5 Å². The number of hydrogen-bond donors (Lipinski definition) is 2. The summed E-state index contributed by atoms with van der Waals surface area (Å²) in [5.74, 6) is 0.101. The quantitative estimate of drug-likeness (QED) is 0.796. The maximum Gasteiger partial charge on any atom is 0.255 e. The van der Waals surface area contributed by atoms with Crippen LogP contribution in [0.3, 0.4) is 0 Å². The minimum atomic E-state index is -0.280. The molecule has 2 N–H and O–H groups in total. The largest absolute Gasteiger partial charge is 0.488 e. The number of amides is 1. The molecule has 1 heterocycles. The summed E-state index contributed by atoms with van der Waals surface area (Å²) in [7, 11) is 0. The van der Waals surface area contributed by atoms with Crippen molar-refractivity contribution in [3.8, 4) is 5.75 Å². The van der Waals surface area contributed by atoms with E-state index in [1.807, 2.05) is 12.1 Å². The van der Waals surface area contributed by atoms with Gasteiger partial charge in [0.05, 0.1) is 5.56 Å². The fourth-order valence-electron chi connectivity index (χ4n) is 2.88. The smallest absolute Gasteiger partial charge is 0.255 e. The summed E-state index contributed by atoms with van der Waals surface area (Å²) in [6.45, 7) is 5.73. The predicted molar refractivity (Wildman–Crippen MR) is 98.8 cm³/mol. The number of benzene rings is 2. The van der Waals surface area contributed by atoms with Gasteiger partial charge in [-0.25, -0.2) is 4.39 Å². The minimum Gasteiger partial charge on any atom is -0.488 e. The van der Waals surface area contributed by atoms with Crippen molar-refractivity contribution in [2.45, 2.75) is 6.61 Å². The van der Waals surface area contributed by atoms with Crippen LogP contribution in [0.25, 0.3) is 0 Å². The van der Waals surface area contributed by atoms with E-state index in [9.17, 15) is 9.18 Å². The average molecular weight is 357 g/mol. The highest BCUT2D eigenvalue weighted by Gasteiger charge is 2.13. The molecule has 5 nitrogen and oxygen atoms in total. The van der Waals surface area contributed by atoms with Crippen molar-refractivity contribution in [3.63, 3.8) is 0 Å². The van der Waals surface area contributed by atoms with Gasteiger partial charge in [0.25, 0.3) is 5.91 Å². The summed E-state index contributed by atoms with van der Waals surface area (Å²) in [6.07, 6.45) is 0. The van der Waals surface area contributed by atoms with Crippen LogP contribution in [0, 0.1) is 5.82 Å².